The maximum Gasteiger partial charge on any atom is 0.0471 e. The van der Waals surface area contributed by atoms with E-state index in [4.69, 9.17) is 11.6 Å². The van der Waals surface area contributed by atoms with Crippen LogP contribution in [0.1, 0.15) is 33.3 Å². The average molecular weight is 315 g/mol. The van der Waals surface area contributed by atoms with Crippen molar-refractivity contribution in [1.82, 2.24) is 5.32 Å². The summed E-state index contributed by atoms with van der Waals surface area (Å²) in [5.74, 6) is 1.11. The number of nitrogens with one attached hydrogen (secondary N) is 1. The molecule has 0 aliphatic heterocycles. The first-order chi connectivity index (χ1) is 9.26. The zero-order valence-electron chi connectivity index (χ0n) is 13.5. The van der Waals surface area contributed by atoms with Gasteiger partial charge in [0.1, 0.15) is 0 Å². The van der Waals surface area contributed by atoms with Crippen LogP contribution in [0.15, 0.2) is 18.2 Å². The van der Waals surface area contributed by atoms with Crippen molar-refractivity contribution in [3.8, 4) is 0 Å². The molecule has 0 aromatic heterocycles. The molecule has 0 aliphatic carbocycles. The molecule has 1 N–H and O–H groups in total. The lowest BCUT2D eigenvalue weighted by Gasteiger charge is -2.30. The highest BCUT2D eigenvalue weighted by molar-refractivity contribution is 7.98. The normalized spacial score (nSPS) is 13.3. The van der Waals surface area contributed by atoms with Crippen molar-refractivity contribution in [2.45, 2.75) is 45.8 Å². The Balaban J connectivity index is 2.98. The van der Waals surface area contributed by atoms with Gasteiger partial charge in [-0.25, -0.2) is 0 Å². The quantitative estimate of drug-likeness (QED) is 0.837. The fourth-order valence-corrected chi connectivity index (χ4v) is 2.94. The Bertz CT molecular complexity index is 429. The van der Waals surface area contributed by atoms with Gasteiger partial charge in [-0.3, -0.25) is 0 Å². The third-order valence-corrected chi connectivity index (χ3v) is 4.51. The van der Waals surface area contributed by atoms with E-state index in [0.29, 0.717) is 6.04 Å². The van der Waals surface area contributed by atoms with E-state index in [-0.39, 0.29) is 5.54 Å². The number of halogens is 1. The summed E-state index contributed by atoms with van der Waals surface area (Å²) in [6, 6.07) is 6.64. The van der Waals surface area contributed by atoms with Crippen molar-refractivity contribution < 1.29 is 0 Å². The van der Waals surface area contributed by atoms with Gasteiger partial charge in [-0.2, -0.15) is 11.8 Å². The molecule has 114 valence electrons. The van der Waals surface area contributed by atoms with E-state index in [9.17, 15) is 0 Å². The molecule has 2 nitrogen and oxygen atoms in total. The van der Waals surface area contributed by atoms with Gasteiger partial charge in [-0.05, 0) is 46.1 Å². The lowest BCUT2D eigenvalue weighted by atomic mass is 10.1. The predicted molar refractivity (Wildman–Crippen MR) is 94.3 cm³/mol. The van der Waals surface area contributed by atoms with Gasteiger partial charge in [0, 0.05) is 47.2 Å². The second-order valence-corrected chi connectivity index (χ2v) is 7.57. The summed E-state index contributed by atoms with van der Waals surface area (Å²) < 4.78 is 0. The predicted octanol–water partition coefficient (Wildman–Crippen LogP) is 4.42. The Morgan fingerprint density at radius 1 is 1.35 bits per heavy atom. The van der Waals surface area contributed by atoms with E-state index in [0.717, 1.165) is 17.3 Å². The van der Waals surface area contributed by atoms with Crippen LogP contribution in [0.4, 0.5) is 5.69 Å². The lowest BCUT2D eigenvalue weighted by molar-refractivity contribution is 0.424. The lowest BCUT2D eigenvalue weighted by Crippen LogP contribution is -2.36. The van der Waals surface area contributed by atoms with Crippen LogP contribution in [0.2, 0.25) is 5.02 Å². The van der Waals surface area contributed by atoms with Gasteiger partial charge in [-0.15, -0.1) is 0 Å². The third-order valence-electron chi connectivity index (χ3n) is 3.34. The van der Waals surface area contributed by atoms with Gasteiger partial charge in [0.2, 0.25) is 0 Å². The Kier molecular flexibility index (Phi) is 6.70. The summed E-state index contributed by atoms with van der Waals surface area (Å²) in [6.45, 7) is 9.55. The highest BCUT2D eigenvalue weighted by atomic mass is 35.5. The first-order valence-corrected chi connectivity index (χ1v) is 8.77. The molecule has 0 amide bonds. The van der Waals surface area contributed by atoms with Gasteiger partial charge >= 0.3 is 0 Å². The number of nitrogens with zero attached hydrogens (tertiary/aromatic N) is 1. The van der Waals surface area contributed by atoms with Crippen molar-refractivity contribution in [3.63, 3.8) is 0 Å². The molecule has 4 heteroatoms. The van der Waals surface area contributed by atoms with Gasteiger partial charge in [0.15, 0.2) is 0 Å². The van der Waals surface area contributed by atoms with Gasteiger partial charge in [0.25, 0.3) is 0 Å². The van der Waals surface area contributed by atoms with E-state index in [1.807, 2.05) is 23.9 Å². The van der Waals surface area contributed by atoms with Crippen LogP contribution < -0.4 is 10.2 Å². The van der Waals surface area contributed by atoms with Crippen LogP contribution >= 0.6 is 23.4 Å². The highest BCUT2D eigenvalue weighted by Gasteiger charge is 2.17. The smallest absolute Gasteiger partial charge is 0.0471 e. The Morgan fingerprint density at radius 2 is 2.00 bits per heavy atom. The standard InChI is InChI=1S/C16H27ClN2S/c1-12(11-20-6)19(5)15-9-7-8-14(17)13(15)10-18-16(2,3)4/h7-9,12,18H,10-11H2,1-6H3. The van der Waals surface area contributed by atoms with Gasteiger partial charge in [-0.1, -0.05) is 17.7 Å². The van der Waals surface area contributed by atoms with E-state index in [1.165, 1.54) is 11.3 Å². The van der Waals surface area contributed by atoms with Crippen LogP contribution in [0, 0.1) is 0 Å². The first-order valence-electron chi connectivity index (χ1n) is 7.00. The Hall–Kier alpha value is -0.380. The highest BCUT2D eigenvalue weighted by Crippen LogP contribution is 2.29. The van der Waals surface area contributed by atoms with E-state index in [2.05, 4.69) is 57.3 Å². The van der Waals surface area contributed by atoms with Crippen LogP contribution in [0.5, 0.6) is 0 Å². The van der Waals surface area contributed by atoms with Crippen molar-refractivity contribution in [2.75, 3.05) is 24.0 Å². The van der Waals surface area contributed by atoms with Crippen LogP contribution in [0.25, 0.3) is 0 Å². The molecule has 0 saturated carbocycles. The molecule has 0 bridgehead atoms. The number of anilines is 1. The summed E-state index contributed by atoms with van der Waals surface area (Å²) in [4.78, 5) is 2.32. The number of hydrogen-bond acceptors (Lipinski definition) is 3. The SMILES string of the molecule is CSCC(C)N(C)c1cccc(Cl)c1CNC(C)(C)C. The molecule has 1 rings (SSSR count). The molecule has 0 saturated heterocycles. The first kappa shape index (κ1) is 17.7. The maximum atomic E-state index is 6.41. The van der Waals surface area contributed by atoms with Gasteiger partial charge < -0.3 is 10.2 Å². The fourth-order valence-electron chi connectivity index (χ4n) is 2.00. The number of hydrogen-bond donors (Lipinski definition) is 1. The molecule has 1 aromatic rings. The minimum Gasteiger partial charge on any atom is -0.371 e. The number of thioether (sulfide) groups is 1. The maximum absolute atomic E-state index is 6.41. The van der Waals surface area contributed by atoms with Crippen molar-refractivity contribution in [3.05, 3.63) is 28.8 Å². The fraction of sp³-hybridized carbons (Fsp3) is 0.625. The van der Waals surface area contributed by atoms with E-state index in [1.54, 1.807) is 0 Å². The average Bonchev–Trinajstić information content (AvgIpc) is 2.35. The second kappa shape index (κ2) is 7.58. The number of rotatable bonds is 6. The van der Waals surface area contributed by atoms with Crippen molar-refractivity contribution >= 4 is 29.1 Å². The van der Waals surface area contributed by atoms with Crippen LogP contribution in [-0.2, 0) is 6.54 Å². The Morgan fingerprint density at radius 3 is 2.55 bits per heavy atom. The molecule has 0 heterocycles. The topological polar surface area (TPSA) is 15.3 Å². The second-order valence-electron chi connectivity index (χ2n) is 6.26. The summed E-state index contributed by atoms with van der Waals surface area (Å²) in [7, 11) is 2.15. The molecule has 0 aliphatic rings. The summed E-state index contributed by atoms with van der Waals surface area (Å²) >= 11 is 8.28. The molecular formula is C16H27ClN2S. The molecule has 20 heavy (non-hydrogen) atoms. The minimum absolute atomic E-state index is 0.0832. The molecular weight excluding hydrogens is 288 g/mol. The summed E-state index contributed by atoms with van der Waals surface area (Å²) in [5.41, 5.74) is 2.48. The Labute approximate surface area is 133 Å². The monoisotopic (exact) mass is 314 g/mol. The third kappa shape index (κ3) is 5.19. The molecule has 0 fully saturated rings. The van der Waals surface area contributed by atoms with Crippen molar-refractivity contribution in [1.29, 1.82) is 0 Å². The molecule has 0 radical (unpaired) electrons. The van der Waals surface area contributed by atoms with Crippen LogP contribution in [-0.4, -0.2) is 30.6 Å². The largest absolute Gasteiger partial charge is 0.371 e. The molecule has 1 aromatic carbocycles. The summed E-state index contributed by atoms with van der Waals surface area (Å²) in [5, 5.41) is 4.36. The zero-order chi connectivity index (χ0) is 15.3. The molecule has 1 unspecified atom stereocenters. The zero-order valence-corrected chi connectivity index (χ0v) is 15.0. The molecule has 0 spiro atoms. The van der Waals surface area contributed by atoms with Crippen molar-refractivity contribution in [2.24, 2.45) is 0 Å². The summed E-state index contributed by atoms with van der Waals surface area (Å²) in [6.07, 6.45) is 2.14. The minimum atomic E-state index is 0.0832. The molecule has 1 atom stereocenters. The van der Waals surface area contributed by atoms with E-state index < -0.39 is 0 Å². The van der Waals surface area contributed by atoms with Crippen LogP contribution in [0.3, 0.4) is 0 Å². The number of benzene rings is 1. The van der Waals surface area contributed by atoms with Gasteiger partial charge in [0.05, 0.1) is 0 Å². The van der Waals surface area contributed by atoms with E-state index >= 15 is 0 Å².